The first-order valence-corrected chi connectivity index (χ1v) is 20.6. The van der Waals surface area contributed by atoms with Gasteiger partial charge in [-0.25, -0.2) is 4.98 Å². The number of aromatic nitrogens is 2. The monoisotopic (exact) mass is 784 g/mol. The molecule has 0 aliphatic heterocycles. The van der Waals surface area contributed by atoms with Gasteiger partial charge in [0.25, 0.3) is 0 Å². The van der Waals surface area contributed by atoms with Crippen LogP contribution in [0.15, 0.2) is 229 Å². The van der Waals surface area contributed by atoms with E-state index in [1.165, 1.54) is 16.3 Å². The summed E-state index contributed by atoms with van der Waals surface area (Å²) in [7, 11) is 0. The maximum atomic E-state index is 6.28. The van der Waals surface area contributed by atoms with Crippen LogP contribution >= 0.6 is 0 Å². The van der Waals surface area contributed by atoms with Gasteiger partial charge in [-0.15, -0.1) is 0 Å². The Labute approximate surface area is 354 Å². The van der Waals surface area contributed by atoms with Crippen molar-refractivity contribution in [3.8, 4) is 28.3 Å². The molecule has 5 heteroatoms. The fourth-order valence-electron chi connectivity index (χ4n) is 8.67. The summed E-state index contributed by atoms with van der Waals surface area (Å²) in [5.74, 6) is 0.629. The van der Waals surface area contributed by atoms with Crippen LogP contribution in [0, 0.1) is 6.92 Å². The molecule has 9 aromatic carbocycles. The van der Waals surface area contributed by atoms with Crippen LogP contribution in [0.5, 0.6) is 0 Å². The minimum Gasteiger partial charge on any atom is -0.436 e. The third-order valence-corrected chi connectivity index (χ3v) is 11.5. The summed E-state index contributed by atoms with van der Waals surface area (Å²) in [6, 6.07) is 79.3. The molecule has 11 rings (SSSR count). The molecule has 11 aromatic rings. The fourth-order valence-corrected chi connectivity index (χ4v) is 8.67. The molecule has 2 aromatic heterocycles. The van der Waals surface area contributed by atoms with Gasteiger partial charge in [0.05, 0.1) is 11.0 Å². The number of hydrogen-bond donors (Lipinski definition) is 0. The normalized spacial score (nSPS) is 11.4. The maximum absolute atomic E-state index is 6.28. The number of oxazole rings is 1. The van der Waals surface area contributed by atoms with E-state index in [0.717, 1.165) is 78.6 Å². The molecular formula is C56H40N4O. The zero-order chi connectivity index (χ0) is 40.7. The molecule has 0 fully saturated rings. The molecule has 2 heterocycles. The van der Waals surface area contributed by atoms with Gasteiger partial charge in [-0.2, -0.15) is 0 Å². The van der Waals surface area contributed by atoms with Gasteiger partial charge in [-0.1, -0.05) is 103 Å². The highest BCUT2D eigenvalue weighted by Gasteiger charge is 2.21. The first kappa shape index (κ1) is 36.0. The van der Waals surface area contributed by atoms with Gasteiger partial charge in [0.1, 0.15) is 5.52 Å². The molecule has 0 aliphatic rings. The standard InChI is InChI=1S/C56H40N4O/c1-39-35-46(28-31-49(39)41-27-32-52-55(36-41)61-56(57-52)40-17-7-2-8-18-40)60-53-33-29-47(58(42-19-9-3-10-20-42)43-21-11-4-12-22-43)37-50(53)51-38-48(30-34-54(51)60)59(44-23-13-5-14-24-44)45-25-15-6-16-26-45/h2-38H,1H3. The van der Waals surface area contributed by atoms with Crippen LogP contribution in [0.4, 0.5) is 34.1 Å². The van der Waals surface area contributed by atoms with Crippen molar-refractivity contribution in [1.82, 2.24) is 9.55 Å². The van der Waals surface area contributed by atoms with E-state index < -0.39 is 0 Å². The Morgan fingerprint density at radius 1 is 0.410 bits per heavy atom. The molecule has 0 aliphatic carbocycles. The number of aryl methyl sites for hydroxylation is 1. The molecule has 0 bridgehead atoms. The summed E-state index contributed by atoms with van der Waals surface area (Å²) in [6.45, 7) is 2.19. The van der Waals surface area contributed by atoms with Crippen molar-refractivity contribution in [1.29, 1.82) is 0 Å². The predicted octanol–water partition coefficient (Wildman–Crippen LogP) is 15.5. The molecule has 290 valence electrons. The zero-order valence-corrected chi connectivity index (χ0v) is 33.6. The van der Waals surface area contributed by atoms with E-state index in [0.29, 0.717) is 5.89 Å². The zero-order valence-electron chi connectivity index (χ0n) is 33.6. The van der Waals surface area contributed by atoms with Crippen molar-refractivity contribution in [2.75, 3.05) is 9.80 Å². The lowest BCUT2D eigenvalue weighted by Crippen LogP contribution is -2.09. The van der Waals surface area contributed by atoms with Gasteiger partial charge in [0.15, 0.2) is 5.58 Å². The van der Waals surface area contributed by atoms with Crippen LogP contribution in [-0.4, -0.2) is 9.55 Å². The van der Waals surface area contributed by atoms with Gasteiger partial charge in [0.2, 0.25) is 5.89 Å². The van der Waals surface area contributed by atoms with Crippen LogP contribution in [-0.2, 0) is 0 Å². The van der Waals surface area contributed by atoms with Crippen LogP contribution in [0.1, 0.15) is 5.56 Å². The Morgan fingerprint density at radius 3 is 1.36 bits per heavy atom. The molecule has 0 saturated carbocycles. The van der Waals surface area contributed by atoms with Crippen LogP contribution in [0.2, 0.25) is 0 Å². The van der Waals surface area contributed by atoms with Crippen molar-refractivity contribution in [2.45, 2.75) is 6.92 Å². The summed E-state index contributed by atoms with van der Waals surface area (Å²) in [4.78, 5) is 9.44. The molecule has 0 N–H and O–H groups in total. The van der Waals surface area contributed by atoms with Crippen molar-refractivity contribution >= 4 is 67.0 Å². The first-order valence-electron chi connectivity index (χ1n) is 20.6. The fraction of sp³-hybridized carbons (Fsp3) is 0.0179. The van der Waals surface area contributed by atoms with E-state index in [4.69, 9.17) is 9.40 Å². The van der Waals surface area contributed by atoms with Gasteiger partial charge < -0.3 is 18.8 Å². The maximum Gasteiger partial charge on any atom is 0.227 e. The average Bonchev–Trinajstić information content (AvgIpc) is 3.90. The lowest BCUT2D eigenvalue weighted by molar-refractivity contribution is 0.620. The lowest BCUT2D eigenvalue weighted by atomic mass is 9.99. The summed E-state index contributed by atoms with van der Waals surface area (Å²) in [5.41, 5.74) is 15.9. The Balaban J connectivity index is 1.08. The summed E-state index contributed by atoms with van der Waals surface area (Å²) in [6.07, 6.45) is 0. The summed E-state index contributed by atoms with van der Waals surface area (Å²) >= 11 is 0. The van der Waals surface area contributed by atoms with Gasteiger partial charge in [-0.3, -0.25) is 0 Å². The van der Waals surface area contributed by atoms with E-state index in [1.54, 1.807) is 0 Å². The van der Waals surface area contributed by atoms with Gasteiger partial charge in [0, 0.05) is 56.1 Å². The highest BCUT2D eigenvalue weighted by Crippen LogP contribution is 2.43. The van der Waals surface area contributed by atoms with Crippen molar-refractivity contribution in [2.24, 2.45) is 0 Å². The first-order chi connectivity index (χ1) is 30.2. The Morgan fingerprint density at radius 2 is 0.885 bits per heavy atom. The van der Waals surface area contributed by atoms with E-state index in [2.05, 4.69) is 215 Å². The number of rotatable bonds is 9. The Kier molecular flexibility index (Phi) is 8.98. The van der Waals surface area contributed by atoms with Crippen molar-refractivity contribution in [3.63, 3.8) is 0 Å². The Hall–Kier alpha value is -8.15. The van der Waals surface area contributed by atoms with Crippen molar-refractivity contribution in [3.05, 3.63) is 230 Å². The van der Waals surface area contributed by atoms with Crippen LogP contribution in [0.3, 0.4) is 0 Å². The topological polar surface area (TPSA) is 37.4 Å². The highest BCUT2D eigenvalue weighted by molar-refractivity contribution is 6.12. The number of para-hydroxylation sites is 4. The van der Waals surface area contributed by atoms with Crippen molar-refractivity contribution < 1.29 is 4.42 Å². The third kappa shape index (κ3) is 6.59. The second-order valence-corrected chi connectivity index (χ2v) is 15.3. The predicted molar refractivity (Wildman–Crippen MR) is 253 cm³/mol. The van der Waals surface area contributed by atoms with Crippen LogP contribution in [0.25, 0.3) is 61.2 Å². The van der Waals surface area contributed by atoms with E-state index >= 15 is 0 Å². The lowest BCUT2D eigenvalue weighted by Gasteiger charge is -2.26. The number of nitrogens with zero attached hydrogens (tertiary/aromatic N) is 4. The van der Waals surface area contributed by atoms with E-state index in [1.807, 2.05) is 30.3 Å². The van der Waals surface area contributed by atoms with E-state index in [9.17, 15) is 0 Å². The second-order valence-electron chi connectivity index (χ2n) is 15.3. The summed E-state index contributed by atoms with van der Waals surface area (Å²) in [5, 5.41) is 2.33. The quantitative estimate of drug-likeness (QED) is 0.146. The molecule has 61 heavy (non-hydrogen) atoms. The minimum absolute atomic E-state index is 0.629. The SMILES string of the molecule is Cc1cc(-n2c3ccc(N(c4ccccc4)c4ccccc4)cc3c3cc(N(c4ccccc4)c4ccccc4)ccc32)ccc1-c1ccc2nc(-c3ccccc3)oc2c1. The Bertz CT molecular complexity index is 3090. The van der Waals surface area contributed by atoms with E-state index in [-0.39, 0.29) is 0 Å². The number of fused-ring (bicyclic) bond motifs is 4. The van der Waals surface area contributed by atoms with Gasteiger partial charge in [-0.05, 0) is 145 Å². The minimum atomic E-state index is 0.629. The molecule has 5 nitrogen and oxygen atoms in total. The molecule has 0 saturated heterocycles. The largest absolute Gasteiger partial charge is 0.436 e. The molecular weight excluding hydrogens is 745 g/mol. The third-order valence-electron chi connectivity index (χ3n) is 11.5. The number of hydrogen-bond acceptors (Lipinski definition) is 4. The molecule has 0 atom stereocenters. The molecule has 0 amide bonds. The molecule has 0 radical (unpaired) electrons. The van der Waals surface area contributed by atoms with Gasteiger partial charge >= 0.3 is 0 Å². The number of benzene rings is 9. The molecule has 0 spiro atoms. The smallest absolute Gasteiger partial charge is 0.227 e. The number of anilines is 6. The van der Waals surface area contributed by atoms with Crippen LogP contribution < -0.4 is 9.80 Å². The average molecular weight is 785 g/mol. The molecule has 0 unspecified atom stereocenters. The second kappa shape index (κ2) is 15.2. The summed E-state index contributed by atoms with van der Waals surface area (Å²) < 4.78 is 8.69. The highest BCUT2D eigenvalue weighted by atomic mass is 16.3.